The number of ether oxygens (including phenoxy) is 1. The molecule has 0 saturated carbocycles. The van der Waals surface area contributed by atoms with Crippen LogP contribution in [0.15, 0.2) is 24.3 Å². The SMILES string of the molecule is CCOCCCC(=O)c1cccc(C)c1. The number of hydrogen-bond acceptors (Lipinski definition) is 2. The number of ketones is 1. The van der Waals surface area contributed by atoms with Gasteiger partial charge >= 0.3 is 0 Å². The highest BCUT2D eigenvalue weighted by Crippen LogP contribution is 2.08. The Morgan fingerprint density at radius 2 is 2.20 bits per heavy atom. The van der Waals surface area contributed by atoms with Crippen LogP contribution < -0.4 is 0 Å². The molecular formula is C13H18O2. The molecule has 15 heavy (non-hydrogen) atoms. The summed E-state index contributed by atoms with van der Waals surface area (Å²) in [7, 11) is 0. The van der Waals surface area contributed by atoms with Crippen molar-refractivity contribution >= 4 is 5.78 Å². The summed E-state index contributed by atoms with van der Waals surface area (Å²) >= 11 is 0. The third-order valence-corrected chi connectivity index (χ3v) is 2.24. The summed E-state index contributed by atoms with van der Waals surface area (Å²) in [6, 6.07) is 7.72. The van der Waals surface area contributed by atoms with Gasteiger partial charge in [-0.05, 0) is 26.3 Å². The highest BCUT2D eigenvalue weighted by molar-refractivity contribution is 5.96. The molecule has 0 unspecified atom stereocenters. The smallest absolute Gasteiger partial charge is 0.162 e. The Labute approximate surface area is 91.3 Å². The first-order chi connectivity index (χ1) is 7.24. The number of aryl methyl sites for hydroxylation is 1. The van der Waals surface area contributed by atoms with Crippen molar-refractivity contribution < 1.29 is 9.53 Å². The fourth-order valence-electron chi connectivity index (χ4n) is 1.44. The predicted molar refractivity (Wildman–Crippen MR) is 61.2 cm³/mol. The van der Waals surface area contributed by atoms with Crippen LogP contribution in [0.3, 0.4) is 0 Å². The highest BCUT2D eigenvalue weighted by Gasteiger charge is 2.04. The zero-order valence-electron chi connectivity index (χ0n) is 9.45. The van der Waals surface area contributed by atoms with Gasteiger partial charge in [-0.15, -0.1) is 0 Å². The summed E-state index contributed by atoms with van der Waals surface area (Å²) in [5.74, 6) is 0.207. The van der Waals surface area contributed by atoms with Gasteiger partial charge < -0.3 is 4.74 Å². The van der Waals surface area contributed by atoms with Crippen molar-refractivity contribution in [3.05, 3.63) is 35.4 Å². The first-order valence-corrected chi connectivity index (χ1v) is 5.41. The van der Waals surface area contributed by atoms with E-state index in [0.717, 1.165) is 24.2 Å². The van der Waals surface area contributed by atoms with Gasteiger partial charge in [-0.3, -0.25) is 4.79 Å². The number of Topliss-reactive ketones (excluding diaryl/α,β-unsaturated/α-hetero) is 1. The van der Waals surface area contributed by atoms with Crippen LogP contribution in [0.5, 0.6) is 0 Å². The van der Waals surface area contributed by atoms with E-state index in [4.69, 9.17) is 4.74 Å². The molecule has 0 aromatic heterocycles. The first-order valence-electron chi connectivity index (χ1n) is 5.41. The first kappa shape index (κ1) is 11.9. The van der Waals surface area contributed by atoms with Gasteiger partial charge in [0.1, 0.15) is 0 Å². The molecule has 82 valence electrons. The van der Waals surface area contributed by atoms with Crippen LogP contribution in [0.25, 0.3) is 0 Å². The van der Waals surface area contributed by atoms with Gasteiger partial charge in [0, 0.05) is 25.2 Å². The molecule has 1 aromatic rings. The van der Waals surface area contributed by atoms with Crippen molar-refractivity contribution in [2.75, 3.05) is 13.2 Å². The van der Waals surface area contributed by atoms with E-state index in [1.807, 2.05) is 38.1 Å². The molecular weight excluding hydrogens is 188 g/mol. The normalized spacial score (nSPS) is 10.3. The number of hydrogen-bond donors (Lipinski definition) is 0. The number of carbonyl (C=O) groups is 1. The zero-order valence-corrected chi connectivity index (χ0v) is 9.45. The topological polar surface area (TPSA) is 26.3 Å². The molecule has 0 bridgehead atoms. The summed E-state index contributed by atoms with van der Waals surface area (Å²) < 4.78 is 5.19. The average molecular weight is 206 g/mol. The zero-order chi connectivity index (χ0) is 11.1. The highest BCUT2D eigenvalue weighted by atomic mass is 16.5. The lowest BCUT2D eigenvalue weighted by Gasteiger charge is -2.02. The average Bonchev–Trinajstić information content (AvgIpc) is 2.24. The van der Waals surface area contributed by atoms with Gasteiger partial charge in [0.2, 0.25) is 0 Å². The van der Waals surface area contributed by atoms with Crippen LogP contribution >= 0.6 is 0 Å². The van der Waals surface area contributed by atoms with Gasteiger partial charge in [-0.1, -0.05) is 23.8 Å². The lowest BCUT2D eigenvalue weighted by Crippen LogP contribution is -2.02. The summed E-state index contributed by atoms with van der Waals surface area (Å²) in [5, 5.41) is 0. The molecule has 0 atom stereocenters. The molecule has 0 radical (unpaired) electrons. The van der Waals surface area contributed by atoms with E-state index in [1.165, 1.54) is 0 Å². The molecule has 2 heteroatoms. The van der Waals surface area contributed by atoms with Crippen LogP contribution in [-0.2, 0) is 4.74 Å². The predicted octanol–water partition coefficient (Wildman–Crippen LogP) is 2.99. The molecule has 0 N–H and O–H groups in total. The van der Waals surface area contributed by atoms with Gasteiger partial charge in [-0.2, -0.15) is 0 Å². The summed E-state index contributed by atoms with van der Waals surface area (Å²) in [6.45, 7) is 5.35. The van der Waals surface area contributed by atoms with Crippen molar-refractivity contribution in [1.82, 2.24) is 0 Å². The third kappa shape index (κ3) is 4.26. The Bertz CT molecular complexity index is 318. The second kappa shape index (κ2) is 6.36. The Morgan fingerprint density at radius 3 is 2.87 bits per heavy atom. The monoisotopic (exact) mass is 206 g/mol. The molecule has 0 aliphatic carbocycles. The quantitative estimate of drug-likeness (QED) is 0.528. The lowest BCUT2D eigenvalue weighted by molar-refractivity contribution is 0.0947. The summed E-state index contributed by atoms with van der Waals surface area (Å²) in [5.41, 5.74) is 1.94. The van der Waals surface area contributed by atoms with Gasteiger partial charge in [0.05, 0.1) is 0 Å². The van der Waals surface area contributed by atoms with Gasteiger partial charge in [0.25, 0.3) is 0 Å². The molecule has 0 amide bonds. The Balaban J connectivity index is 2.40. The van der Waals surface area contributed by atoms with E-state index in [9.17, 15) is 4.79 Å². The molecule has 0 spiro atoms. The maximum Gasteiger partial charge on any atom is 0.162 e. The van der Waals surface area contributed by atoms with E-state index in [2.05, 4.69) is 0 Å². The van der Waals surface area contributed by atoms with Crippen molar-refractivity contribution in [2.45, 2.75) is 26.7 Å². The molecule has 1 aromatic carbocycles. The van der Waals surface area contributed by atoms with Crippen molar-refractivity contribution in [1.29, 1.82) is 0 Å². The van der Waals surface area contributed by atoms with Crippen LogP contribution in [0.1, 0.15) is 35.7 Å². The third-order valence-electron chi connectivity index (χ3n) is 2.24. The van der Waals surface area contributed by atoms with E-state index < -0.39 is 0 Å². The minimum Gasteiger partial charge on any atom is -0.382 e. The maximum atomic E-state index is 11.7. The maximum absolute atomic E-state index is 11.7. The number of carbonyl (C=O) groups excluding carboxylic acids is 1. The van der Waals surface area contributed by atoms with Gasteiger partial charge in [0.15, 0.2) is 5.78 Å². The fraction of sp³-hybridized carbons (Fsp3) is 0.462. The van der Waals surface area contributed by atoms with E-state index in [0.29, 0.717) is 13.0 Å². The molecule has 0 fully saturated rings. The summed E-state index contributed by atoms with van der Waals surface area (Å²) in [6.07, 6.45) is 1.38. The fourth-order valence-corrected chi connectivity index (χ4v) is 1.44. The van der Waals surface area contributed by atoms with Crippen molar-refractivity contribution in [2.24, 2.45) is 0 Å². The van der Waals surface area contributed by atoms with Crippen molar-refractivity contribution in [3.63, 3.8) is 0 Å². The Kier molecular flexibility index (Phi) is 5.05. The Hall–Kier alpha value is -1.15. The second-order valence-corrected chi connectivity index (χ2v) is 3.59. The Morgan fingerprint density at radius 1 is 1.40 bits per heavy atom. The minimum absolute atomic E-state index is 0.207. The molecule has 0 saturated heterocycles. The van der Waals surface area contributed by atoms with E-state index in [1.54, 1.807) is 0 Å². The van der Waals surface area contributed by atoms with Crippen LogP contribution in [0.4, 0.5) is 0 Å². The molecule has 2 nitrogen and oxygen atoms in total. The second-order valence-electron chi connectivity index (χ2n) is 3.59. The van der Waals surface area contributed by atoms with E-state index >= 15 is 0 Å². The van der Waals surface area contributed by atoms with Crippen LogP contribution in [-0.4, -0.2) is 19.0 Å². The molecule has 0 aliphatic heterocycles. The largest absolute Gasteiger partial charge is 0.382 e. The molecule has 0 heterocycles. The van der Waals surface area contributed by atoms with E-state index in [-0.39, 0.29) is 5.78 Å². The minimum atomic E-state index is 0.207. The molecule has 0 aliphatic rings. The summed E-state index contributed by atoms with van der Waals surface area (Å²) in [4.78, 5) is 11.7. The van der Waals surface area contributed by atoms with Gasteiger partial charge in [-0.25, -0.2) is 0 Å². The number of benzene rings is 1. The standard InChI is InChI=1S/C13H18O2/c1-3-15-9-5-8-13(14)12-7-4-6-11(2)10-12/h4,6-7,10H,3,5,8-9H2,1-2H3. The molecule has 1 rings (SSSR count). The van der Waals surface area contributed by atoms with Crippen molar-refractivity contribution in [3.8, 4) is 0 Å². The number of rotatable bonds is 6. The van der Waals surface area contributed by atoms with Crippen LogP contribution in [0, 0.1) is 6.92 Å². The van der Waals surface area contributed by atoms with Crippen LogP contribution in [0.2, 0.25) is 0 Å². The lowest BCUT2D eigenvalue weighted by atomic mass is 10.0.